The van der Waals surface area contributed by atoms with Gasteiger partial charge in [0.2, 0.25) is 0 Å². The van der Waals surface area contributed by atoms with Gasteiger partial charge in [0.05, 0.1) is 35.8 Å². The lowest BCUT2D eigenvalue weighted by Crippen LogP contribution is -2.35. The van der Waals surface area contributed by atoms with Crippen LogP contribution >= 0.6 is 11.6 Å². The molecule has 2 fully saturated rings. The van der Waals surface area contributed by atoms with Crippen molar-refractivity contribution in [2.24, 2.45) is 0 Å². The molecule has 0 radical (unpaired) electrons. The summed E-state index contributed by atoms with van der Waals surface area (Å²) in [4.78, 5) is 19.0. The first-order chi connectivity index (χ1) is 19.9. The highest BCUT2D eigenvalue weighted by Gasteiger charge is 2.32. The molecule has 3 aromatic carbocycles. The van der Waals surface area contributed by atoms with Gasteiger partial charge in [-0.3, -0.25) is 4.90 Å². The van der Waals surface area contributed by atoms with Crippen molar-refractivity contribution in [2.45, 2.75) is 56.9 Å². The molecule has 4 heterocycles. The highest BCUT2D eigenvalue weighted by Crippen LogP contribution is 2.43. The number of likely N-dealkylation sites (tertiary alicyclic amines) is 1. The number of fused-ring (bicyclic) bond motifs is 2. The molecular formula is C32H31ClFN3O4. The fourth-order valence-corrected chi connectivity index (χ4v) is 6.63. The topological polar surface area (TPSA) is 76.8 Å². The fraction of sp³-hybridized carbons (Fsp3) is 0.375. The number of imidazole rings is 1. The summed E-state index contributed by atoms with van der Waals surface area (Å²) in [6, 6.07) is 16.1. The minimum absolute atomic E-state index is 0.137. The second-order valence-corrected chi connectivity index (χ2v) is 11.7. The molecule has 2 saturated heterocycles. The van der Waals surface area contributed by atoms with Crippen molar-refractivity contribution >= 4 is 28.6 Å². The van der Waals surface area contributed by atoms with E-state index in [1.165, 1.54) is 17.2 Å². The number of aromatic carboxylic acids is 1. The molecule has 3 aliphatic rings. The second kappa shape index (κ2) is 10.7. The minimum atomic E-state index is -0.939. The van der Waals surface area contributed by atoms with Crippen molar-refractivity contribution in [3.05, 3.63) is 93.5 Å². The van der Waals surface area contributed by atoms with E-state index in [0.29, 0.717) is 36.0 Å². The van der Waals surface area contributed by atoms with Gasteiger partial charge in [-0.1, -0.05) is 29.8 Å². The monoisotopic (exact) mass is 575 g/mol. The summed E-state index contributed by atoms with van der Waals surface area (Å²) in [6.45, 7) is 3.99. The van der Waals surface area contributed by atoms with Gasteiger partial charge in [0, 0.05) is 29.2 Å². The number of piperidine rings is 1. The Kier molecular flexibility index (Phi) is 6.93. The van der Waals surface area contributed by atoms with Crippen LogP contribution in [-0.2, 0) is 24.2 Å². The van der Waals surface area contributed by atoms with Crippen LogP contribution in [0.4, 0.5) is 4.39 Å². The van der Waals surface area contributed by atoms with E-state index in [1.807, 2.05) is 12.1 Å². The first-order valence-electron chi connectivity index (χ1n) is 14.2. The minimum Gasteiger partial charge on any atom is -0.485 e. The predicted molar refractivity (Wildman–Crippen MR) is 153 cm³/mol. The van der Waals surface area contributed by atoms with E-state index in [4.69, 9.17) is 26.1 Å². The summed E-state index contributed by atoms with van der Waals surface area (Å²) in [5.41, 5.74) is 4.94. The lowest BCUT2D eigenvalue weighted by Gasteiger charge is -2.33. The van der Waals surface area contributed by atoms with E-state index in [0.717, 1.165) is 61.6 Å². The molecule has 3 aliphatic heterocycles. The molecule has 1 N–H and O–H groups in total. The van der Waals surface area contributed by atoms with Crippen LogP contribution in [0, 0.1) is 5.82 Å². The zero-order chi connectivity index (χ0) is 28.1. The first kappa shape index (κ1) is 26.4. The third-order valence-corrected chi connectivity index (χ3v) is 9.02. The van der Waals surface area contributed by atoms with Crippen molar-refractivity contribution in [2.75, 3.05) is 19.7 Å². The number of ether oxygens (including phenoxy) is 2. The molecule has 2 atom stereocenters. The van der Waals surface area contributed by atoms with Crippen LogP contribution in [0.25, 0.3) is 11.0 Å². The van der Waals surface area contributed by atoms with Crippen LogP contribution < -0.4 is 4.74 Å². The van der Waals surface area contributed by atoms with Gasteiger partial charge in [0.25, 0.3) is 0 Å². The Morgan fingerprint density at radius 1 is 1.07 bits per heavy atom. The number of nitrogens with zero attached hydrogens (tertiary/aromatic N) is 3. The third kappa shape index (κ3) is 5.09. The predicted octanol–water partition coefficient (Wildman–Crippen LogP) is 6.37. The van der Waals surface area contributed by atoms with Crippen LogP contribution in [0.1, 0.15) is 64.2 Å². The molecule has 9 heteroatoms. The summed E-state index contributed by atoms with van der Waals surface area (Å²) in [5.74, 6) is 0.916. The normalized spacial score (nSPS) is 21.0. The summed E-state index contributed by atoms with van der Waals surface area (Å²) in [7, 11) is 0. The Morgan fingerprint density at radius 3 is 2.63 bits per heavy atom. The lowest BCUT2D eigenvalue weighted by molar-refractivity contribution is -0.0592. The highest BCUT2D eigenvalue weighted by molar-refractivity contribution is 6.30. The molecular weight excluding hydrogens is 545 g/mol. The maximum absolute atomic E-state index is 14.6. The van der Waals surface area contributed by atoms with Gasteiger partial charge >= 0.3 is 5.97 Å². The van der Waals surface area contributed by atoms with Crippen molar-refractivity contribution in [3.63, 3.8) is 0 Å². The Bertz CT molecular complexity index is 1630. The number of carboxylic acids is 1. The summed E-state index contributed by atoms with van der Waals surface area (Å²) in [6.07, 6.45) is 3.45. The number of rotatable bonds is 7. The number of hydrogen-bond acceptors (Lipinski definition) is 5. The van der Waals surface area contributed by atoms with Gasteiger partial charge in [-0.15, -0.1) is 0 Å². The van der Waals surface area contributed by atoms with E-state index in [1.54, 1.807) is 30.3 Å². The van der Waals surface area contributed by atoms with Crippen LogP contribution in [0.2, 0.25) is 5.02 Å². The molecule has 7 rings (SSSR count). The third-order valence-electron chi connectivity index (χ3n) is 8.78. The Labute approximate surface area is 242 Å². The smallest absolute Gasteiger partial charge is 0.335 e. The summed E-state index contributed by atoms with van der Waals surface area (Å²) in [5, 5.41) is 9.90. The number of hydrogen-bond donors (Lipinski definition) is 1. The van der Waals surface area contributed by atoms with Crippen molar-refractivity contribution in [1.82, 2.24) is 14.5 Å². The van der Waals surface area contributed by atoms with E-state index < -0.39 is 5.97 Å². The molecule has 0 aliphatic carbocycles. The van der Waals surface area contributed by atoms with Crippen LogP contribution in [-0.4, -0.2) is 51.3 Å². The largest absolute Gasteiger partial charge is 0.485 e. The fourth-order valence-electron chi connectivity index (χ4n) is 6.47. The quantitative estimate of drug-likeness (QED) is 0.276. The average molecular weight is 576 g/mol. The molecule has 7 nitrogen and oxygen atoms in total. The van der Waals surface area contributed by atoms with Crippen molar-refractivity contribution < 1.29 is 23.8 Å². The van der Waals surface area contributed by atoms with Crippen molar-refractivity contribution in [3.8, 4) is 5.75 Å². The van der Waals surface area contributed by atoms with Gasteiger partial charge in [-0.25, -0.2) is 14.2 Å². The molecule has 212 valence electrons. The Hall–Kier alpha value is -3.46. The molecule has 0 amide bonds. The van der Waals surface area contributed by atoms with E-state index in [-0.39, 0.29) is 23.6 Å². The number of aromatic nitrogens is 2. The van der Waals surface area contributed by atoms with Gasteiger partial charge < -0.3 is 19.1 Å². The SMILES string of the molecule is O=C(O)c1ccc2nc(CN3CCC(c4cccc5c4C[C@H](c4ccc(Cl)cc4F)O5)CC3)n(C[C@@H]3CCO3)c2c1. The average Bonchev–Trinajstić information content (AvgIpc) is 3.51. The Balaban J connectivity index is 1.06. The number of carbonyl (C=O) groups is 1. The maximum Gasteiger partial charge on any atom is 0.335 e. The van der Waals surface area contributed by atoms with Crippen molar-refractivity contribution in [1.29, 1.82) is 0 Å². The molecule has 1 aromatic heterocycles. The van der Waals surface area contributed by atoms with Gasteiger partial charge in [-0.2, -0.15) is 0 Å². The van der Waals surface area contributed by atoms with Gasteiger partial charge in [-0.05, 0) is 80.2 Å². The number of carboxylic acid groups (broad SMARTS) is 1. The zero-order valence-electron chi connectivity index (χ0n) is 22.6. The lowest BCUT2D eigenvalue weighted by atomic mass is 9.85. The molecule has 4 aromatic rings. The second-order valence-electron chi connectivity index (χ2n) is 11.3. The summed E-state index contributed by atoms with van der Waals surface area (Å²) >= 11 is 5.96. The van der Waals surface area contributed by atoms with E-state index >= 15 is 0 Å². The first-order valence-corrected chi connectivity index (χ1v) is 14.6. The standard InChI is InChI=1S/C32H31ClFN3O4/c33-21-5-6-24(26(34)15-21)30-16-25-23(2-1-3-29(25)41-30)19-8-11-36(12-9-19)18-31-35-27-7-4-20(32(38)39)14-28(27)37(31)17-22-10-13-40-22/h1-7,14-15,19,22,30H,8-13,16-18H2,(H,38,39)/t22-,30+/m0/s1. The highest BCUT2D eigenvalue weighted by atomic mass is 35.5. The summed E-state index contributed by atoms with van der Waals surface area (Å²) < 4.78 is 28.7. The van der Waals surface area contributed by atoms with E-state index in [2.05, 4.69) is 15.5 Å². The zero-order valence-corrected chi connectivity index (χ0v) is 23.3. The molecule has 41 heavy (non-hydrogen) atoms. The Morgan fingerprint density at radius 2 is 1.90 bits per heavy atom. The molecule has 0 unspecified atom stereocenters. The maximum atomic E-state index is 14.6. The number of benzene rings is 3. The van der Waals surface area contributed by atoms with E-state index in [9.17, 15) is 14.3 Å². The van der Waals surface area contributed by atoms with Crippen LogP contribution in [0.5, 0.6) is 5.75 Å². The van der Waals surface area contributed by atoms with Gasteiger partial charge in [0.1, 0.15) is 23.5 Å². The molecule has 0 saturated carbocycles. The van der Waals surface area contributed by atoms with Gasteiger partial charge in [0.15, 0.2) is 0 Å². The molecule has 0 bridgehead atoms. The molecule has 0 spiro atoms. The number of halogens is 2. The van der Waals surface area contributed by atoms with Crippen LogP contribution in [0.15, 0.2) is 54.6 Å². The van der Waals surface area contributed by atoms with Crippen LogP contribution in [0.3, 0.4) is 0 Å².